The first kappa shape index (κ1) is 13.3. The molecule has 0 amide bonds. The maximum absolute atomic E-state index is 10.5. The van der Waals surface area contributed by atoms with Crippen molar-refractivity contribution in [3.8, 4) is 0 Å². The third-order valence-electron chi connectivity index (χ3n) is 2.57. The Bertz CT molecular complexity index is 405. The van der Waals surface area contributed by atoms with Crippen LogP contribution in [-0.4, -0.2) is 22.2 Å². The Kier molecular flexibility index (Phi) is 4.75. The molecule has 1 aromatic rings. The van der Waals surface area contributed by atoms with Crippen LogP contribution in [0.1, 0.15) is 36.1 Å². The molecule has 0 fully saturated rings. The molecule has 94 valence electrons. The first-order chi connectivity index (χ1) is 8.00. The van der Waals surface area contributed by atoms with E-state index >= 15 is 0 Å². The lowest BCUT2D eigenvalue weighted by Gasteiger charge is -2.02. The zero-order valence-electron chi connectivity index (χ0n) is 9.73. The number of aliphatic carboxylic acids is 2. The summed E-state index contributed by atoms with van der Waals surface area (Å²) in [6, 6.07) is 0. The van der Waals surface area contributed by atoms with Gasteiger partial charge in [0.1, 0.15) is 5.76 Å². The Labute approximate surface area is 99.1 Å². The second-order valence-electron chi connectivity index (χ2n) is 3.96. The van der Waals surface area contributed by atoms with Gasteiger partial charge >= 0.3 is 11.9 Å². The van der Waals surface area contributed by atoms with E-state index in [0.29, 0.717) is 25.0 Å². The van der Waals surface area contributed by atoms with Gasteiger partial charge in [0.2, 0.25) is 0 Å². The molecule has 0 radical (unpaired) electrons. The minimum Gasteiger partial charge on any atom is -0.481 e. The first-order valence-electron chi connectivity index (χ1n) is 5.50. The van der Waals surface area contributed by atoms with Crippen molar-refractivity contribution >= 4 is 11.9 Å². The van der Waals surface area contributed by atoms with Gasteiger partial charge in [-0.1, -0.05) is 0 Å². The molecule has 5 heteroatoms. The largest absolute Gasteiger partial charge is 0.481 e. The third kappa shape index (κ3) is 4.30. The molecule has 0 bridgehead atoms. The molecule has 17 heavy (non-hydrogen) atoms. The average Bonchev–Trinajstić information content (AvgIpc) is 2.57. The van der Waals surface area contributed by atoms with Crippen molar-refractivity contribution in [2.24, 2.45) is 0 Å². The topological polar surface area (TPSA) is 87.7 Å². The number of carbonyl (C=O) groups is 2. The van der Waals surface area contributed by atoms with Gasteiger partial charge in [0.05, 0.1) is 12.7 Å². The Balaban J connectivity index is 2.59. The molecule has 1 aromatic heterocycles. The zero-order chi connectivity index (χ0) is 12.8. The minimum atomic E-state index is -0.865. The lowest BCUT2D eigenvalue weighted by Crippen LogP contribution is -2.01. The van der Waals surface area contributed by atoms with E-state index < -0.39 is 11.9 Å². The second-order valence-corrected chi connectivity index (χ2v) is 3.96. The Morgan fingerprint density at radius 2 is 1.82 bits per heavy atom. The summed E-state index contributed by atoms with van der Waals surface area (Å²) in [7, 11) is 0. The van der Waals surface area contributed by atoms with E-state index in [1.807, 2.05) is 6.92 Å². The van der Waals surface area contributed by atoms with Crippen LogP contribution in [0.15, 0.2) is 10.7 Å². The van der Waals surface area contributed by atoms with Crippen LogP contribution < -0.4 is 0 Å². The van der Waals surface area contributed by atoms with Crippen molar-refractivity contribution in [3.63, 3.8) is 0 Å². The first-order valence-corrected chi connectivity index (χ1v) is 5.50. The summed E-state index contributed by atoms with van der Waals surface area (Å²) in [5.41, 5.74) is 1.91. The van der Waals surface area contributed by atoms with Gasteiger partial charge in [0.15, 0.2) is 0 Å². The van der Waals surface area contributed by atoms with E-state index in [-0.39, 0.29) is 12.8 Å². The van der Waals surface area contributed by atoms with Gasteiger partial charge in [0, 0.05) is 12.8 Å². The van der Waals surface area contributed by atoms with Crippen molar-refractivity contribution < 1.29 is 24.2 Å². The molecule has 0 aliphatic carbocycles. The van der Waals surface area contributed by atoms with Crippen LogP contribution in [0.25, 0.3) is 0 Å². The number of carboxylic acids is 2. The minimum absolute atomic E-state index is 0.0267. The zero-order valence-corrected chi connectivity index (χ0v) is 9.73. The number of hydrogen-bond acceptors (Lipinski definition) is 3. The van der Waals surface area contributed by atoms with Gasteiger partial charge in [0.25, 0.3) is 0 Å². The molecule has 1 heterocycles. The SMILES string of the molecule is Cc1coc(CCC(=O)O)c1CCCC(=O)O. The highest BCUT2D eigenvalue weighted by molar-refractivity contribution is 5.67. The fourth-order valence-corrected chi connectivity index (χ4v) is 1.70. The molecule has 0 aliphatic rings. The normalized spacial score (nSPS) is 10.4. The molecule has 2 N–H and O–H groups in total. The van der Waals surface area contributed by atoms with Gasteiger partial charge in [-0.05, 0) is 30.9 Å². The van der Waals surface area contributed by atoms with Crippen molar-refractivity contribution in [1.29, 1.82) is 0 Å². The average molecular weight is 240 g/mol. The number of rotatable bonds is 7. The molecule has 0 unspecified atom stereocenters. The standard InChI is InChI=1S/C12H16O5/c1-8-7-17-10(5-6-12(15)16)9(8)3-2-4-11(13)14/h7H,2-6H2,1H3,(H,13,14)(H,15,16). The van der Waals surface area contributed by atoms with Gasteiger partial charge in [-0.3, -0.25) is 9.59 Å². The number of carboxylic acid groups (broad SMARTS) is 2. The lowest BCUT2D eigenvalue weighted by molar-refractivity contribution is -0.138. The molecule has 0 saturated carbocycles. The predicted octanol–water partition coefficient (Wildman–Crippen LogP) is 2.01. The molecule has 5 nitrogen and oxygen atoms in total. The molecular weight excluding hydrogens is 224 g/mol. The van der Waals surface area contributed by atoms with Crippen LogP contribution in [0.3, 0.4) is 0 Å². The lowest BCUT2D eigenvalue weighted by atomic mass is 10.0. The van der Waals surface area contributed by atoms with Gasteiger partial charge in [-0.15, -0.1) is 0 Å². The number of aryl methyl sites for hydroxylation is 2. The quantitative estimate of drug-likeness (QED) is 0.761. The van der Waals surface area contributed by atoms with Crippen LogP contribution in [0.4, 0.5) is 0 Å². The van der Waals surface area contributed by atoms with E-state index in [2.05, 4.69) is 0 Å². The highest BCUT2D eigenvalue weighted by atomic mass is 16.4. The summed E-state index contributed by atoms with van der Waals surface area (Å²) < 4.78 is 5.29. The van der Waals surface area contributed by atoms with Gasteiger partial charge in [-0.2, -0.15) is 0 Å². The molecule has 0 spiro atoms. The highest BCUT2D eigenvalue weighted by Gasteiger charge is 2.12. The maximum Gasteiger partial charge on any atom is 0.303 e. The Morgan fingerprint density at radius 3 is 2.41 bits per heavy atom. The summed E-state index contributed by atoms with van der Waals surface area (Å²) in [6.07, 6.45) is 3.24. The van der Waals surface area contributed by atoms with Crippen LogP contribution in [0.2, 0.25) is 0 Å². The highest BCUT2D eigenvalue weighted by Crippen LogP contribution is 2.20. The smallest absolute Gasteiger partial charge is 0.303 e. The van der Waals surface area contributed by atoms with Gasteiger partial charge < -0.3 is 14.6 Å². The monoisotopic (exact) mass is 240 g/mol. The van der Waals surface area contributed by atoms with Crippen molar-refractivity contribution in [2.75, 3.05) is 0 Å². The van der Waals surface area contributed by atoms with E-state index in [1.54, 1.807) is 6.26 Å². The van der Waals surface area contributed by atoms with E-state index in [4.69, 9.17) is 14.6 Å². The molecule has 0 aromatic carbocycles. The van der Waals surface area contributed by atoms with Crippen LogP contribution in [-0.2, 0) is 22.4 Å². The van der Waals surface area contributed by atoms with Crippen molar-refractivity contribution in [1.82, 2.24) is 0 Å². The Hall–Kier alpha value is -1.78. The fraction of sp³-hybridized carbons (Fsp3) is 0.500. The molecular formula is C12H16O5. The van der Waals surface area contributed by atoms with Crippen molar-refractivity contribution in [2.45, 2.75) is 39.0 Å². The van der Waals surface area contributed by atoms with E-state index in [9.17, 15) is 9.59 Å². The van der Waals surface area contributed by atoms with Crippen LogP contribution in [0.5, 0.6) is 0 Å². The number of hydrogen-bond donors (Lipinski definition) is 2. The van der Waals surface area contributed by atoms with Crippen LogP contribution in [0, 0.1) is 6.92 Å². The second kappa shape index (κ2) is 6.08. The summed E-state index contributed by atoms with van der Waals surface area (Å²) >= 11 is 0. The third-order valence-corrected chi connectivity index (χ3v) is 2.57. The maximum atomic E-state index is 10.5. The molecule has 0 atom stereocenters. The van der Waals surface area contributed by atoms with E-state index in [0.717, 1.165) is 11.1 Å². The fourth-order valence-electron chi connectivity index (χ4n) is 1.70. The molecule has 0 saturated heterocycles. The van der Waals surface area contributed by atoms with Gasteiger partial charge in [-0.25, -0.2) is 0 Å². The number of furan rings is 1. The summed E-state index contributed by atoms with van der Waals surface area (Å²) in [5, 5.41) is 17.2. The molecule has 0 aliphatic heterocycles. The summed E-state index contributed by atoms with van der Waals surface area (Å²) in [5.74, 6) is -1.02. The molecule has 1 rings (SSSR count). The van der Waals surface area contributed by atoms with Crippen LogP contribution >= 0.6 is 0 Å². The summed E-state index contributed by atoms with van der Waals surface area (Å²) in [6.45, 7) is 1.88. The Morgan fingerprint density at radius 1 is 1.18 bits per heavy atom. The summed E-state index contributed by atoms with van der Waals surface area (Å²) in [4.78, 5) is 20.9. The van der Waals surface area contributed by atoms with E-state index in [1.165, 1.54) is 0 Å². The predicted molar refractivity (Wildman–Crippen MR) is 60.0 cm³/mol. The van der Waals surface area contributed by atoms with Crippen molar-refractivity contribution in [3.05, 3.63) is 23.2 Å².